The number of nitrogens with zero attached hydrogens (tertiary/aromatic N) is 2. The summed E-state index contributed by atoms with van der Waals surface area (Å²) in [6, 6.07) is 5.49. The van der Waals surface area contributed by atoms with E-state index >= 15 is 0 Å². The average molecular weight is 313 g/mol. The second kappa shape index (κ2) is 7.56. The first-order valence-corrected chi connectivity index (χ1v) is 7.59. The lowest BCUT2D eigenvalue weighted by Crippen LogP contribution is -2.25. The largest absolute Gasteiger partial charge is 0.497 e. The van der Waals surface area contributed by atoms with Crippen molar-refractivity contribution in [3.8, 4) is 11.8 Å². The summed E-state index contributed by atoms with van der Waals surface area (Å²) in [7, 11) is -2.64. The molecule has 21 heavy (non-hydrogen) atoms. The molecule has 0 atom stereocenters. The first kappa shape index (κ1) is 16.9. The summed E-state index contributed by atoms with van der Waals surface area (Å²) in [5, 5.41) is 19.3. The minimum absolute atomic E-state index is 0.118. The van der Waals surface area contributed by atoms with Crippen LogP contribution in [0.1, 0.15) is 19.3 Å². The number of methoxy groups -OCH3 is 1. The Labute approximate surface area is 122 Å². The molecular weight excluding hydrogens is 298 g/mol. The molecule has 0 amide bonds. The maximum atomic E-state index is 12.1. The number of nitro groups is 1. The molecule has 1 aromatic carbocycles. The third-order valence-corrected chi connectivity index (χ3v) is 4.17. The van der Waals surface area contributed by atoms with Gasteiger partial charge in [-0.15, -0.1) is 0 Å². The number of rotatable bonds is 8. The highest BCUT2D eigenvalue weighted by Crippen LogP contribution is 2.28. The average Bonchev–Trinajstić information content (AvgIpc) is 2.46. The van der Waals surface area contributed by atoms with E-state index in [0.717, 1.165) is 12.1 Å². The van der Waals surface area contributed by atoms with Gasteiger partial charge in [0.05, 0.1) is 24.2 Å². The Morgan fingerprint density at radius 1 is 1.43 bits per heavy atom. The fourth-order valence-corrected chi connectivity index (χ4v) is 2.83. The van der Waals surface area contributed by atoms with Gasteiger partial charge in [-0.05, 0) is 25.0 Å². The predicted molar refractivity (Wildman–Crippen MR) is 74.3 cm³/mol. The second-order valence-corrected chi connectivity index (χ2v) is 5.84. The minimum atomic E-state index is -3.98. The van der Waals surface area contributed by atoms with Crippen molar-refractivity contribution in [2.45, 2.75) is 24.2 Å². The Hall–Kier alpha value is -2.18. The Bertz CT molecular complexity index is 651. The van der Waals surface area contributed by atoms with E-state index in [0.29, 0.717) is 19.3 Å². The Morgan fingerprint density at radius 2 is 2.14 bits per heavy atom. The van der Waals surface area contributed by atoms with Crippen molar-refractivity contribution in [1.82, 2.24) is 4.72 Å². The fraction of sp³-hybridized carbons (Fsp3) is 0.417. The van der Waals surface area contributed by atoms with E-state index in [1.165, 1.54) is 13.2 Å². The number of sulfonamides is 1. The zero-order valence-corrected chi connectivity index (χ0v) is 12.2. The highest BCUT2D eigenvalue weighted by molar-refractivity contribution is 7.89. The Morgan fingerprint density at radius 3 is 2.71 bits per heavy atom. The maximum Gasteiger partial charge on any atom is 0.293 e. The SMILES string of the molecule is COc1ccc(S(=O)(=O)NCCCCC#N)c([N+](=O)[O-])c1. The van der Waals surface area contributed by atoms with Crippen LogP contribution in [-0.2, 0) is 10.0 Å². The number of nitrogens with one attached hydrogen (secondary N) is 1. The first-order valence-electron chi connectivity index (χ1n) is 6.11. The molecule has 0 aliphatic heterocycles. The van der Waals surface area contributed by atoms with Crippen LogP contribution < -0.4 is 9.46 Å². The molecule has 9 heteroatoms. The van der Waals surface area contributed by atoms with Crippen molar-refractivity contribution in [3.63, 3.8) is 0 Å². The first-order chi connectivity index (χ1) is 9.92. The van der Waals surface area contributed by atoms with Crippen LogP contribution in [0.25, 0.3) is 0 Å². The molecule has 0 aliphatic rings. The van der Waals surface area contributed by atoms with Crippen molar-refractivity contribution in [2.24, 2.45) is 0 Å². The van der Waals surface area contributed by atoms with E-state index in [4.69, 9.17) is 10.00 Å². The van der Waals surface area contributed by atoms with Gasteiger partial charge in [0, 0.05) is 13.0 Å². The van der Waals surface area contributed by atoms with Gasteiger partial charge in [-0.25, -0.2) is 13.1 Å². The molecule has 1 aromatic rings. The van der Waals surface area contributed by atoms with Crippen LogP contribution in [0.4, 0.5) is 5.69 Å². The molecule has 0 bridgehead atoms. The van der Waals surface area contributed by atoms with Crippen molar-refractivity contribution >= 4 is 15.7 Å². The topological polar surface area (TPSA) is 122 Å². The Kier molecular flexibility index (Phi) is 6.08. The molecule has 0 aliphatic carbocycles. The van der Waals surface area contributed by atoms with E-state index < -0.39 is 25.5 Å². The quantitative estimate of drug-likeness (QED) is 0.441. The van der Waals surface area contributed by atoms with Crippen molar-refractivity contribution in [3.05, 3.63) is 28.3 Å². The molecule has 0 aromatic heterocycles. The predicted octanol–water partition coefficient (Wildman–Crippen LogP) is 1.58. The lowest BCUT2D eigenvalue weighted by Gasteiger charge is -2.08. The molecule has 1 rings (SSSR count). The van der Waals surface area contributed by atoms with Gasteiger partial charge < -0.3 is 4.74 Å². The van der Waals surface area contributed by atoms with Gasteiger partial charge in [0.15, 0.2) is 4.90 Å². The van der Waals surface area contributed by atoms with Crippen molar-refractivity contribution in [1.29, 1.82) is 5.26 Å². The van der Waals surface area contributed by atoms with E-state index in [-0.39, 0.29) is 12.3 Å². The van der Waals surface area contributed by atoms with E-state index in [1.807, 2.05) is 6.07 Å². The van der Waals surface area contributed by atoms with Gasteiger partial charge >= 0.3 is 0 Å². The molecule has 1 N–H and O–H groups in total. The molecule has 8 nitrogen and oxygen atoms in total. The van der Waals surface area contributed by atoms with Crippen molar-refractivity contribution < 1.29 is 18.1 Å². The smallest absolute Gasteiger partial charge is 0.293 e. The van der Waals surface area contributed by atoms with E-state index in [1.54, 1.807) is 0 Å². The monoisotopic (exact) mass is 313 g/mol. The van der Waals surface area contributed by atoms with Crippen LogP contribution in [0.3, 0.4) is 0 Å². The minimum Gasteiger partial charge on any atom is -0.497 e. The lowest BCUT2D eigenvalue weighted by molar-refractivity contribution is -0.387. The molecule has 0 heterocycles. The highest BCUT2D eigenvalue weighted by atomic mass is 32.2. The maximum absolute atomic E-state index is 12.1. The summed E-state index contributed by atoms with van der Waals surface area (Å²) in [6.45, 7) is 0.118. The summed E-state index contributed by atoms with van der Waals surface area (Å²) in [6.07, 6.45) is 1.38. The normalized spacial score (nSPS) is 10.9. The lowest BCUT2D eigenvalue weighted by atomic mass is 10.2. The van der Waals surface area contributed by atoms with Gasteiger partial charge in [0.25, 0.3) is 5.69 Å². The molecule has 0 fully saturated rings. The van der Waals surface area contributed by atoms with Gasteiger partial charge in [-0.3, -0.25) is 10.1 Å². The second-order valence-electron chi connectivity index (χ2n) is 4.10. The molecular formula is C12H15N3O5S. The van der Waals surface area contributed by atoms with E-state index in [9.17, 15) is 18.5 Å². The van der Waals surface area contributed by atoms with Gasteiger partial charge in [0.1, 0.15) is 5.75 Å². The molecule has 0 unspecified atom stereocenters. The zero-order chi connectivity index (χ0) is 15.9. The molecule has 0 saturated heterocycles. The number of nitriles is 1. The number of benzene rings is 1. The summed E-state index contributed by atoms with van der Waals surface area (Å²) >= 11 is 0. The standard InChI is InChI=1S/C12H15N3O5S/c1-20-10-5-6-12(11(9-10)15(16)17)21(18,19)14-8-4-2-3-7-13/h5-6,9,14H,2-4,8H2,1H3. The van der Waals surface area contributed by atoms with Gasteiger partial charge in [-0.2, -0.15) is 5.26 Å². The molecule has 0 spiro atoms. The van der Waals surface area contributed by atoms with Crippen LogP contribution in [0.2, 0.25) is 0 Å². The molecule has 114 valence electrons. The van der Waals surface area contributed by atoms with Crippen LogP contribution in [0.5, 0.6) is 5.75 Å². The number of hydrogen-bond donors (Lipinski definition) is 1. The van der Waals surface area contributed by atoms with Gasteiger partial charge in [0.2, 0.25) is 10.0 Å². The zero-order valence-electron chi connectivity index (χ0n) is 11.4. The van der Waals surface area contributed by atoms with Crippen LogP contribution in [0.15, 0.2) is 23.1 Å². The third-order valence-electron chi connectivity index (χ3n) is 2.66. The van der Waals surface area contributed by atoms with Crippen LogP contribution in [-0.4, -0.2) is 27.0 Å². The van der Waals surface area contributed by atoms with Gasteiger partial charge in [-0.1, -0.05) is 0 Å². The third kappa shape index (κ3) is 4.70. The fourth-order valence-electron chi connectivity index (χ4n) is 1.61. The molecule has 0 saturated carbocycles. The van der Waals surface area contributed by atoms with Crippen molar-refractivity contribution in [2.75, 3.05) is 13.7 Å². The number of hydrogen-bond acceptors (Lipinski definition) is 6. The number of nitro benzene ring substituents is 1. The summed E-state index contributed by atoms with van der Waals surface area (Å²) in [5.41, 5.74) is -0.543. The van der Waals surface area contributed by atoms with Crippen LogP contribution in [0, 0.1) is 21.4 Å². The number of unbranched alkanes of at least 4 members (excludes halogenated alkanes) is 2. The molecule has 0 radical (unpaired) electrons. The summed E-state index contributed by atoms with van der Waals surface area (Å²) < 4.78 is 31.3. The van der Waals surface area contributed by atoms with E-state index in [2.05, 4.69) is 4.72 Å². The summed E-state index contributed by atoms with van der Waals surface area (Å²) in [5.74, 6) is 0.203. The Balaban J connectivity index is 2.92. The summed E-state index contributed by atoms with van der Waals surface area (Å²) in [4.78, 5) is 9.79. The van der Waals surface area contributed by atoms with Crippen LogP contribution >= 0.6 is 0 Å². The highest BCUT2D eigenvalue weighted by Gasteiger charge is 2.26. The number of ether oxygens (including phenoxy) is 1.